The standard InChI is InChI=1S/C13H16N2O9P2/c16-25(17,18)23-13(24-26(19,20)21)15-11-6-7-12(14-8-11)22-9-10-4-2-1-3-5-10/h1-8,13,15H,9H2,(H2,16,17,18)(H2,19,20,21). The summed E-state index contributed by atoms with van der Waals surface area (Å²) in [6.07, 6.45) is -0.895. The molecule has 2 aromatic rings. The Morgan fingerprint density at radius 2 is 1.58 bits per heavy atom. The minimum Gasteiger partial charge on any atom is -0.473 e. The highest BCUT2D eigenvalue weighted by molar-refractivity contribution is 7.47. The van der Waals surface area contributed by atoms with Gasteiger partial charge in [0.05, 0.1) is 11.9 Å². The van der Waals surface area contributed by atoms with Gasteiger partial charge in [-0.2, -0.15) is 0 Å². The van der Waals surface area contributed by atoms with Crippen LogP contribution in [0.4, 0.5) is 5.69 Å². The van der Waals surface area contributed by atoms with Gasteiger partial charge in [-0.15, -0.1) is 0 Å². The number of nitrogens with one attached hydrogen (secondary N) is 1. The lowest BCUT2D eigenvalue weighted by Crippen LogP contribution is -2.24. The van der Waals surface area contributed by atoms with E-state index in [1.54, 1.807) is 0 Å². The molecular formula is C13H16N2O9P2. The Labute approximate surface area is 148 Å². The van der Waals surface area contributed by atoms with Gasteiger partial charge in [-0.05, 0) is 11.6 Å². The highest BCUT2D eigenvalue weighted by Crippen LogP contribution is 2.44. The van der Waals surface area contributed by atoms with Gasteiger partial charge in [0.2, 0.25) is 5.88 Å². The summed E-state index contributed by atoms with van der Waals surface area (Å²) < 4.78 is 35.4. The van der Waals surface area contributed by atoms with Crippen LogP contribution in [-0.4, -0.2) is 31.0 Å². The molecule has 0 aliphatic heterocycles. The molecule has 26 heavy (non-hydrogen) atoms. The highest BCUT2D eigenvalue weighted by atomic mass is 31.2. The van der Waals surface area contributed by atoms with Gasteiger partial charge in [0.15, 0.2) is 0 Å². The molecule has 142 valence electrons. The second-order valence-corrected chi connectivity index (χ2v) is 7.21. The Hall–Kier alpha value is -1.81. The smallest absolute Gasteiger partial charge is 0.473 e. The lowest BCUT2D eigenvalue weighted by molar-refractivity contribution is -0.0126. The van der Waals surface area contributed by atoms with Gasteiger partial charge in [0, 0.05) is 6.07 Å². The van der Waals surface area contributed by atoms with Gasteiger partial charge in [0.25, 0.3) is 6.41 Å². The van der Waals surface area contributed by atoms with Crippen LogP contribution in [0.25, 0.3) is 0 Å². The molecule has 2 rings (SSSR count). The zero-order valence-corrected chi connectivity index (χ0v) is 14.9. The Balaban J connectivity index is 1.98. The summed E-state index contributed by atoms with van der Waals surface area (Å²) >= 11 is 0. The predicted octanol–water partition coefficient (Wildman–Crippen LogP) is 1.57. The average molecular weight is 406 g/mol. The zero-order valence-electron chi connectivity index (χ0n) is 13.1. The van der Waals surface area contributed by atoms with Crippen LogP contribution in [-0.2, 0) is 24.8 Å². The predicted molar refractivity (Wildman–Crippen MR) is 88.7 cm³/mol. The number of rotatable bonds is 9. The number of phosphoric ester groups is 2. The summed E-state index contributed by atoms with van der Waals surface area (Å²) in [5, 5.41) is 2.25. The second-order valence-electron chi connectivity index (χ2n) is 4.83. The van der Waals surface area contributed by atoms with Crippen molar-refractivity contribution in [2.24, 2.45) is 0 Å². The maximum Gasteiger partial charge on any atom is 0.473 e. The van der Waals surface area contributed by atoms with Crippen molar-refractivity contribution in [2.75, 3.05) is 5.32 Å². The molecular weight excluding hydrogens is 390 g/mol. The molecule has 0 fully saturated rings. The minimum atomic E-state index is -5.08. The number of ether oxygens (including phenoxy) is 1. The van der Waals surface area contributed by atoms with Gasteiger partial charge in [0.1, 0.15) is 6.61 Å². The van der Waals surface area contributed by atoms with Crippen molar-refractivity contribution in [2.45, 2.75) is 13.0 Å². The maximum absolute atomic E-state index is 10.9. The summed E-state index contributed by atoms with van der Waals surface area (Å²) in [5.74, 6) is 0.266. The minimum absolute atomic E-state index is 0.115. The van der Waals surface area contributed by atoms with Gasteiger partial charge in [-0.3, -0.25) is 0 Å². The van der Waals surface area contributed by atoms with Gasteiger partial charge in [-0.1, -0.05) is 30.3 Å². The first-order valence-corrected chi connectivity index (χ1v) is 10.0. The SMILES string of the molecule is O=P(O)(O)OC(Nc1ccc(OCc2ccccc2)nc1)OP(=O)(O)O. The number of aromatic nitrogens is 1. The van der Waals surface area contributed by atoms with E-state index >= 15 is 0 Å². The average Bonchev–Trinajstić information content (AvgIpc) is 2.52. The number of pyridine rings is 1. The Kier molecular flexibility index (Phi) is 6.87. The van der Waals surface area contributed by atoms with Gasteiger partial charge < -0.3 is 29.6 Å². The first-order valence-electron chi connectivity index (χ1n) is 6.98. The molecule has 0 saturated heterocycles. The van der Waals surface area contributed by atoms with E-state index in [4.69, 9.17) is 24.3 Å². The first-order chi connectivity index (χ1) is 12.1. The molecule has 0 saturated carbocycles. The molecule has 1 heterocycles. The van der Waals surface area contributed by atoms with Crippen molar-refractivity contribution in [3.8, 4) is 5.88 Å². The summed E-state index contributed by atoms with van der Waals surface area (Å²) in [7, 11) is -10.2. The molecule has 0 unspecified atom stereocenters. The van der Waals surface area contributed by atoms with Crippen molar-refractivity contribution >= 4 is 21.3 Å². The molecule has 0 aliphatic carbocycles. The van der Waals surface area contributed by atoms with Crippen LogP contribution in [0.1, 0.15) is 5.56 Å². The van der Waals surface area contributed by atoms with Crippen molar-refractivity contribution in [3.05, 3.63) is 54.2 Å². The molecule has 0 aliphatic rings. The Bertz CT molecular complexity index is 767. The van der Waals surface area contributed by atoms with Crippen molar-refractivity contribution in [1.29, 1.82) is 0 Å². The quantitative estimate of drug-likeness (QED) is 0.303. The molecule has 1 aromatic heterocycles. The molecule has 1 aromatic carbocycles. The molecule has 0 spiro atoms. The molecule has 0 bridgehead atoms. The Morgan fingerprint density at radius 3 is 2.08 bits per heavy atom. The van der Waals surface area contributed by atoms with Crippen LogP contribution < -0.4 is 10.1 Å². The normalized spacial score (nSPS) is 12.2. The van der Waals surface area contributed by atoms with E-state index in [0.29, 0.717) is 0 Å². The number of phosphoric acid groups is 2. The molecule has 0 radical (unpaired) electrons. The monoisotopic (exact) mass is 406 g/mol. The van der Waals surface area contributed by atoms with Crippen molar-refractivity contribution in [3.63, 3.8) is 0 Å². The lowest BCUT2D eigenvalue weighted by atomic mass is 10.2. The van der Waals surface area contributed by atoms with E-state index in [0.717, 1.165) is 5.56 Å². The summed E-state index contributed by atoms with van der Waals surface area (Å²) in [5.41, 5.74) is 1.05. The van der Waals surface area contributed by atoms with E-state index in [9.17, 15) is 9.13 Å². The van der Waals surface area contributed by atoms with Crippen LogP contribution in [0.5, 0.6) is 5.88 Å². The van der Waals surface area contributed by atoms with E-state index < -0.39 is 22.1 Å². The third kappa shape index (κ3) is 8.05. The van der Waals surface area contributed by atoms with E-state index in [2.05, 4.69) is 19.3 Å². The number of anilines is 1. The van der Waals surface area contributed by atoms with E-state index in [1.165, 1.54) is 18.3 Å². The van der Waals surface area contributed by atoms with Crippen LogP contribution in [0.3, 0.4) is 0 Å². The fourth-order valence-electron chi connectivity index (χ4n) is 1.74. The third-order valence-electron chi connectivity index (χ3n) is 2.72. The van der Waals surface area contributed by atoms with Crippen molar-refractivity contribution < 1.29 is 42.5 Å². The van der Waals surface area contributed by atoms with E-state index in [-0.39, 0.29) is 18.2 Å². The number of benzene rings is 1. The zero-order chi connectivity index (χ0) is 19.2. The molecule has 0 atom stereocenters. The maximum atomic E-state index is 10.9. The molecule has 13 heteroatoms. The van der Waals surface area contributed by atoms with Gasteiger partial charge in [-0.25, -0.2) is 23.2 Å². The first kappa shape index (κ1) is 20.5. The number of hydrogen-bond acceptors (Lipinski definition) is 7. The summed E-state index contributed by atoms with van der Waals surface area (Å²) in [4.78, 5) is 39.0. The highest BCUT2D eigenvalue weighted by Gasteiger charge is 2.29. The summed E-state index contributed by atoms with van der Waals surface area (Å²) in [6, 6.07) is 12.2. The summed E-state index contributed by atoms with van der Waals surface area (Å²) in [6.45, 7) is 0.284. The fraction of sp³-hybridized carbons (Fsp3) is 0.154. The van der Waals surface area contributed by atoms with Crippen LogP contribution in [0.15, 0.2) is 48.7 Å². The molecule has 11 nitrogen and oxygen atoms in total. The van der Waals surface area contributed by atoms with Gasteiger partial charge >= 0.3 is 15.6 Å². The Morgan fingerprint density at radius 1 is 0.962 bits per heavy atom. The lowest BCUT2D eigenvalue weighted by Gasteiger charge is -2.20. The fourth-order valence-corrected chi connectivity index (χ4v) is 2.50. The second kappa shape index (κ2) is 8.72. The van der Waals surface area contributed by atoms with Crippen LogP contribution in [0, 0.1) is 0 Å². The largest absolute Gasteiger partial charge is 0.473 e. The third-order valence-corrected chi connectivity index (χ3v) is 3.65. The number of hydrogen-bond donors (Lipinski definition) is 5. The number of nitrogens with zero attached hydrogens (tertiary/aromatic N) is 1. The van der Waals surface area contributed by atoms with E-state index in [1.807, 2.05) is 30.3 Å². The molecule has 5 N–H and O–H groups in total. The van der Waals surface area contributed by atoms with Crippen LogP contribution in [0.2, 0.25) is 0 Å². The van der Waals surface area contributed by atoms with Crippen LogP contribution >= 0.6 is 15.6 Å². The van der Waals surface area contributed by atoms with Crippen molar-refractivity contribution in [1.82, 2.24) is 4.98 Å². The molecule has 0 amide bonds. The topological polar surface area (TPSA) is 168 Å².